The summed E-state index contributed by atoms with van der Waals surface area (Å²) in [7, 11) is 0. The molecule has 1 aliphatic heterocycles. The highest BCUT2D eigenvalue weighted by molar-refractivity contribution is 6.37. The van der Waals surface area contributed by atoms with Crippen molar-refractivity contribution in [2.75, 3.05) is 0 Å². The van der Waals surface area contributed by atoms with E-state index in [4.69, 9.17) is 16.6 Å². The largest absolute Gasteiger partial charge is 0.494 e. The Hall–Kier alpha value is -4.42. The van der Waals surface area contributed by atoms with Crippen molar-refractivity contribution in [3.05, 3.63) is 139 Å². The van der Waals surface area contributed by atoms with Crippen molar-refractivity contribution in [3.8, 4) is 5.88 Å². The molecule has 5 rings (SSSR count). The summed E-state index contributed by atoms with van der Waals surface area (Å²) in [5.74, 6) is -0.505. The van der Waals surface area contributed by atoms with Crippen molar-refractivity contribution >= 4 is 34.1 Å². The Bertz CT molecular complexity index is 1600. The standard InChI is InChI=1S/C27H18ClN3O3/c28-18-11-14-22-21(15-18)20(24(29-22)17-9-5-2-6-10-17)13-12-19(16-7-3-1-4-8-16)23-25(32)30-27(34)31-26(23)33/h1-15H,(H3,30,31,32,33,34)/b19-12-,20-13-. The Kier molecular flexibility index (Phi) is 5.57. The summed E-state index contributed by atoms with van der Waals surface area (Å²) in [4.78, 5) is 33.5. The van der Waals surface area contributed by atoms with Crippen molar-refractivity contribution in [3.63, 3.8) is 0 Å². The molecule has 166 valence electrons. The first-order valence-corrected chi connectivity index (χ1v) is 10.9. The van der Waals surface area contributed by atoms with Crippen LogP contribution >= 0.6 is 11.6 Å². The van der Waals surface area contributed by atoms with Crippen LogP contribution in [0.2, 0.25) is 5.02 Å². The molecule has 0 spiro atoms. The molecule has 0 aliphatic carbocycles. The molecule has 4 aromatic rings. The van der Waals surface area contributed by atoms with Crippen LogP contribution in [0.15, 0.2) is 106 Å². The molecule has 1 aromatic heterocycles. The summed E-state index contributed by atoms with van der Waals surface area (Å²) in [6.07, 6.45) is 3.59. The molecule has 7 heteroatoms. The van der Waals surface area contributed by atoms with E-state index in [1.54, 1.807) is 12.1 Å². The predicted octanol–water partition coefficient (Wildman–Crippen LogP) is 5.07. The zero-order valence-corrected chi connectivity index (χ0v) is 18.5. The summed E-state index contributed by atoms with van der Waals surface area (Å²) in [5.41, 5.74) is 3.77. The topological polar surface area (TPSA) is 98.3 Å². The fourth-order valence-corrected chi connectivity index (χ4v) is 4.12. The van der Waals surface area contributed by atoms with E-state index in [0.29, 0.717) is 16.2 Å². The quantitative estimate of drug-likeness (QED) is 0.390. The highest BCUT2D eigenvalue weighted by Gasteiger charge is 2.23. The first-order chi connectivity index (χ1) is 16.5. The Morgan fingerprint density at radius 3 is 2.32 bits per heavy atom. The lowest BCUT2D eigenvalue weighted by molar-refractivity contribution is 0.446. The third-order valence-electron chi connectivity index (χ3n) is 5.48. The highest BCUT2D eigenvalue weighted by atomic mass is 35.5. The number of aromatic nitrogens is 2. The smallest absolute Gasteiger partial charge is 0.328 e. The number of rotatable bonds is 4. The Morgan fingerprint density at radius 2 is 1.62 bits per heavy atom. The summed E-state index contributed by atoms with van der Waals surface area (Å²) in [6.45, 7) is 0. The monoisotopic (exact) mass is 467 g/mol. The second-order valence-electron chi connectivity index (χ2n) is 7.65. The van der Waals surface area contributed by atoms with Gasteiger partial charge in [0.1, 0.15) is 5.56 Å². The zero-order chi connectivity index (χ0) is 23.7. The Labute approximate surface area is 199 Å². The molecule has 0 fully saturated rings. The van der Waals surface area contributed by atoms with Gasteiger partial charge in [0.25, 0.3) is 5.56 Å². The van der Waals surface area contributed by atoms with E-state index in [2.05, 4.69) is 9.97 Å². The van der Waals surface area contributed by atoms with Gasteiger partial charge in [0.05, 0.1) is 11.4 Å². The van der Waals surface area contributed by atoms with Crippen LogP contribution in [0.4, 0.5) is 5.69 Å². The van der Waals surface area contributed by atoms with E-state index in [0.717, 1.165) is 28.1 Å². The Balaban J connectivity index is 1.75. The fraction of sp³-hybridized carbons (Fsp3) is 0. The number of halogens is 1. The molecule has 3 aromatic carbocycles. The van der Waals surface area contributed by atoms with Crippen molar-refractivity contribution in [1.29, 1.82) is 0 Å². The lowest BCUT2D eigenvalue weighted by atomic mass is 9.95. The highest BCUT2D eigenvalue weighted by Crippen LogP contribution is 2.39. The van der Waals surface area contributed by atoms with Crippen LogP contribution in [0.3, 0.4) is 0 Å². The minimum Gasteiger partial charge on any atom is -0.494 e. The summed E-state index contributed by atoms with van der Waals surface area (Å²) in [6, 6.07) is 24.4. The molecule has 34 heavy (non-hydrogen) atoms. The van der Waals surface area contributed by atoms with Crippen molar-refractivity contribution in [2.45, 2.75) is 0 Å². The maximum absolute atomic E-state index is 12.7. The first kappa shape index (κ1) is 21.4. The molecule has 0 saturated carbocycles. The molecule has 0 amide bonds. The number of hydrogen-bond acceptors (Lipinski definition) is 4. The van der Waals surface area contributed by atoms with E-state index in [1.165, 1.54) is 0 Å². The minimum absolute atomic E-state index is 0.0369. The van der Waals surface area contributed by atoms with Gasteiger partial charge in [0.15, 0.2) is 0 Å². The van der Waals surface area contributed by atoms with Crippen LogP contribution in [-0.4, -0.2) is 20.8 Å². The summed E-state index contributed by atoms with van der Waals surface area (Å²) in [5, 5.41) is 11.0. The maximum atomic E-state index is 12.7. The first-order valence-electron chi connectivity index (χ1n) is 10.5. The van der Waals surface area contributed by atoms with E-state index >= 15 is 0 Å². The van der Waals surface area contributed by atoms with Crippen LogP contribution in [0.1, 0.15) is 22.3 Å². The molecule has 0 bridgehead atoms. The molecule has 0 saturated heterocycles. The van der Waals surface area contributed by atoms with Gasteiger partial charge < -0.3 is 5.11 Å². The normalized spacial score (nSPS) is 14.2. The van der Waals surface area contributed by atoms with Crippen LogP contribution in [-0.2, 0) is 0 Å². The average Bonchev–Trinajstić information content (AvgIpc) is 3.19. The third kappa shape index (κ3) is 4.02. The van der Waals surface area contributed by atoms with Gasteiger partial charge in [-0.05, 0) is 29.3 Å². The van der Waals surface area contributed by atoms with Crippen LogP contribution in [0.25, 0.3) is 11.1 Å². The number of allylic oxidation sites excluding steroid dienone is 3. The van der Waals surface area contributed by atoms with Crippen molar-refractivity contribution in [1.82, 2.24) is 9.97 Å². The third-order valence-corrected chi connectivity index (χ3v) is 5.71. The second-order valence-corrected chi connectivity index (χ2v) is 8.08. The van der Waals surface area contributed by atoms with Gasteiger partial charge in [-0.2, -0.15) is 0 Å². The molecule has 0 unspecified atom stereocenters. The lowest BCUT2D eigenvalue weighted by Gasteiger charge is -2.09. The van der Waals surface area contributed by atoms with Crippen LogP contribution < -0.4 is 11.2 Å². The lowest BCUT2D eigenvalue weighted by Crippen LogP contribution is -2.24. The van der Waals surface area contributed by atoms with E-state index < -0.39 is 17.1 Å². The summed E-state index contributed by atoms with van der Waals surface area (Å²) < 4.78 is 0. The van der Waals surface area contributed by atoms with Crippen molar-refractivity contribution in [2.24, 2.45) is 4.99 Å². The number of aliphatic imine (C=N–C) groups is 1. The average molecular weight is 468 g/mol. The SMILES string of the molecule is O=c1[nH]c(O)c(/C(=C\C=C2/C(c3ccccc3)=Nc3ccc(Cl)cc32)c2ccccc2)c(=O)[nH]1. The molecule has 2 heterocycles. The van der Waals surface area contributed by atoms with Crippen LogP contribution in [0, 0.1) is 0 Å². The number of aromatic hydroxyl groups is 1. The van der Waals surface area contributed by atoms with Gasteiger partial charge in [0, 0.05) is 21.7 Å². The number of fused-ring (bicyclic) bond motifs is 1. The maximum Gasteiger partial charge on any atom is 0.328 e. The molecular formula is C27H18ClN3O3. The number of benzene rings is 3. The number of hydrogen-bond donors (Lipinski definition) is 3. The number of aromatic amines is 2. The molecule has 1 aliphatic rings. The fourth-order valence-electron chi connectivity index (χ4n) is 3.95. The van der Waals surface area contributed by atoms with E-state index in [1.807, 2.05) is 78.9 Å². The van der Waals surface area contributed by atoms with E-state index in [9.17, 15) is 14.7 Å². The van der Waals surface area contributed by atoms with Gasteiger partial charge in [0.2, 0.25) is 5.88 Å². The van der Waals surface area contributed by atoms with Crippen molar-refractivity contribution < 1.29 is 5.11 Å². The van der Waals surface area contributed by atoms with Gasteiger partial charge in [-0.25, -0.2) is 9.79 Å². The minimum atomic E-state index is -0.783. The van der Waals surface area contributed by atoms with Gasteiger partial charge in [-0.3, -0.25) is 14.8 Å². The number of nitrogens with one attached hydrogen (secondary N) is 2. The predicted molar refractivity (Wildman–Crippen MR) is 135 cm³/mol. The molecule has 0 radical (unpaired) electrons. The second kappa shape index (κ2) is 8.84. The number of H-pyrrole nitrogens is 2. The van der Waals surface area contributed by atoms with E-state index in [-0.39, 0.29) is 5.56 Å². The van der Waals surface area contributed by atoms with Gasteiger partial charge >= 0.3 is 5.69 Å². The molecule has 3 N–H and O–H groups in total. The van der Waals surface area contributed by atoms with Gasteiger partial charge in [-0.1, -0.05) is 84.4 Å². The number of nitrogens with zero attached hydrogens (tertiary/aromatic N) is 1. The van der Waals surface area contributed by atoms with Crippen LogP contribution in [0.5, 0.6) is 5.88 Å². The Morgan fingerprint density at radius 1 is 0.912 bits per heavy atom. The summed E-state index contributed by atoms with van der Waals surface area (Å²) >= 11 is 6.29. The molecule has 6 nitrogen and oxygen atoms in total. The molecular weight excluding hydrogens is 450 g/mol. The molecule has 0 atom stereocenters. The zero-order valence-electron chi connectivity index (χ0n) is 17.7. The van der Waals surface area contributed by atoms with Gasteiger partial charge in [-0.15, -0.1) is 0 Å².